The van der Waals surface area contributed by atoms with E-state index in [1.807, 2.05) is 53.1 Å². The molecule has 3 aromatic rings. The molecule has 0 saturated carbocycles. The van der Waals surface area contributed by atoms with E-state index in [4.69, 9.17) is 11.6 Å². The van der Waals surface area contributed by atoms with E-state index in [0.717, 1.165) is 35.8 Å². The Morgan fingerprint density at radius 3 is 2.53 bits per heavy atom. The molecule has 7 heteroatoms. The summed E-state index contributed by atoms with van der Waals surface area (Å²) in [6.45, 7) is 7.50. The van der Waals surface area contributed by atoms with Gasteiger partial charge in [0.25, 0.3) is 0 Å². The average molecular weight is 522 g/mol. The summed E-state index contributed by atoms with van der Waals surface area (Å²) in [5, 5.41) is 2.84. The molecule has 2 amide bonds. The highest BCUT2D eigenvalue weighted by atomic mass is 35.5. The molecule has 2 aromatic carbocycles. The fourth-order valence-electron chi connectivity index (χ4n) is 5.43. The number of aryl methyl sites for hydroxylation is 1. The van der Waals surface area contributed by atoms with E-state index in [2.05, 4.69) is 35.4 Å². The second kappa shape index (κ2) is 10.7. The SMILES string of the molecule is Cc1ccc(Cl)cc1N1CCN(C(=O)CC(C)C(=O)N2CCc3sccc3C2c2ccccc2)CC1. The van der Waals surface area contributed by atoms with Crippen LogP contribution in [0.4, 0.5) is 5.69 Å². The van der Waals surface area contributed by atoms with E-state index >= 15 is 0 Å². The predicted molar refractivity (Wildman–Crippen MR) is 147 cm³/mol. The second-order valence-electron chi connectivity index (χ2n) is 9.80. The summed E-state index contributed by atoms with van der Waals surface area (Å²) in [5.74, 6) is -0.248. The van der Waals surface area contributed by atoms with Crippen molar-refractivity contribution in [2.24, 2.45) is 5.92 Å². The van der Waals surface area contributed by atoms with Crippen LogP contribution in [0.2, 0.25) is 5.02 Å². The molecule has 0 N–H and O–H groups in total. The van der Waals surface area contributed by atoms with Crippen molar-refractivity contribution in [3.8, 4) is 0 Å². The smallest absolute Gasteiger partial charge is 0.226 e. The van der Waals surface area contributed by atoms with Gasteiger partial charge in [0.2, 0.25) is 11.8 Å². The lowest BCUT2D eigenvalue weighted by atomic mass is 9.91. The van der Waals surface area contributed by atoms with Crippen molar-refractivity contribution >= 4 is 40.4 Å². The zero-order chi connectivity index (χ0) is 25.2. The van der Waals surface area contributed by atoms with E-state index in [0.29, 0.717) is 19.6 Å². The third-order valence-electron chi connectivity index (χ3n) is 7.41. The standard InChI is InChI=1S/C29H32ClN3O2S/c1-20-8-9-23(30)19-25(20)31-13-15-32(16-14-31)27(34)18-21(2)29(35)33-12-10-26-24(11-17-36-26)28(33)22-6-4-3-5-7-22/h3-9,11,17,19,21,28H,10,12-16,18H2,1-2H3. The number of nitrogens with zero attached hydrogens (tertiary/aromatic N) is 3. The minimum atomic E-state index is -0.364. The first-order valence-corrected chi connectivity index (χ1v) is 13.9. The van der Waals surface area contributed by atoms with E-state index in [-0.39, 0.29) is 30.2 Å². The van der Waals surface area contributed by atoms with Crippen LogP contribution in [0.25, 0.3) is 0 Å². The quantitative estimate of drug-likeness (QED) is 0.441. The highest BCUT2D eigenvalue weighted by molar-refractivity contribution is 7.10. The van der Waals surface area contributed by atoms with Crippen molar-refractivity contribution in [1.29, 1.82) is 0 Å². The number of benzene rings is 2. The van der Waals surface area contributed by atoms with Gasteiger partial charge in [-0.3, -0.25) is 9.59 Å². The van der Waals surface area contributed by atoms with Crippen LogP contribution in [0.3, 0.4) is 0 Å². The molecular weight excluding hydrogens is 490 g/mol. The lowest BCUT2D eigenvalue weighted by Gasteiger charge is -2.39. The molecule has 0 aliphatic carbocycles. The van der Waals surface area contributed by atoms with Crippen LogP contribution >= 0.6 is 22.9 Å². The summed E-state index contributed by atoms with van der Waals surface area (Å²) in [7, 11) is 0. The maximum absolute atomic E-state index is 13.7. The zero-order valence-electron chi connectivity index (χ0n) is 20.8. The molecule has 0 bridgehead atoms. The Labute approximate surface area is 222 Å². The third-order valence-corrected chi connectivity index (χ3v) is 8.64. The van der Waals surface area contributed by atoms with Gasteiger partial charge in [-0.25, -0.2) is 0 Å². The molecule has 3 heterocycles. The maximum Gasteiger partial charge on any atom is 0.226 e. The molecule has 1 fully saturated rings. The number of carbonyl (C=O) groups excluding carboxylic acids is 2. The molecule has 5 rings (SSSR count). The lowest BCUT2D eigenvalue weighted by Crippen LogP contribution is -2.50. The Kier molecular flexibility index (Phi) is 7.35. The Morgan fingerprint density at radius 1 is 1.03 bits per heavy atom. The molecule has 2 aliphatic rings. The number of anilines is 1. The molecular formula is C29H32ClN3O2S. The van der Waals surface area contributed by atoms with Gasteiger partial charge in [0.15, 0.2) is 0 Å². The summed E-state index contributed by atoms with van der Waals surface area (Å²) in [5.41, 5.74) is 4.65. The largest absolute Gasteiger partial charge is 0.368 e. The van der Waals surface area contributed by atoms with Crippen molar-refractivity contribution in [3.63, 3.8) is 0 Å². The van der Waals surface area contributed by atoms with Crippen molar-refractivity contribution in [2.45, 2.75) is 32.7 Å². The Balaban J connectivity index is 1.23. The summed E-state index contributed by atoms with van der Waals surface area (Å²) >= 11 is 7.98. The van der Waals surface area contributed by atoms with Crippen molar-refractivity contribution in [2.75, 3.05) is 37.6 Å². The molecule has 2 unspecified atom stereocenters. The Morgan fingerprint density at radius 2 is 1.78 bits per heavy atom. The first kappa shape index (κ1) is 24.8. The summed E-state index contributed by atoms with van der Waals surface area (Å²) < 4.78 is 0. The number of hydrogen-bond donors (Lipinski definition) is 0. The minimum absolute atomic E-state index is 0.0576. The monoisotopic (exact) mass is 521 g/mol. The number of amides is 2. The zero-order valence-corrected chi connectivity index (χ0v) is 22.4. The van der Waals surface area contributed by atoms with Crippen molar-refractivity contribution < 1.29 is 9.59 Å². The lowest BCUT2D eigenvalue weighted by molar-refractivity contribution is -0.142. The first-order chi connectivity index (χ1) is 17.4. The molecule has 36 heavy (non-hydrogen) atoms. The number of carbonyl (C=O) groups is 2. The van der Waals surface area contributed by atoms with E-state index < -0.39 is 0 Å². The number of hydrogen-bond acceptors (Lipinski definition) is 4. The van der Waals surface area contributed by atoms with E-state index in [9.17, 15) is 9.59 Å². The third kappa shape index (κ3) is 5.02. The van der Waals surface area contributed by atoms with Gasteiger partial charge < -0.3 is 14.7 Å². The van der Waals surface area contributed by atoms with E-state index in [1.54, 1.807) is 11.3 Å². The molecule has 0 spiro atoms. The van der Waals surface area contributed by atoms with Crippen molar-refractivity contribution in [3.05, 3.63) is 86.6 Å². The molecule has 188 valence electrons. The maximum atomic E-state index is 13.7. The minimum Gasteiger partial charge on any atom is -0.368 e. The van der Waals surface area contributed by atoms with Crippen LogP contribution < -0.4 is 4.90 Å². The molecule has 0 radical (unpaired) electrons. The highest BCUT2D eigenvalue weighted by Crippen LogP contribution is 2.38. The second-order valence-corrected chi connectivity index (χ2v) is 11.2. The number of halogens is 1. The van der Waals surface area contributed by atoms with Crippen molar-refractivity contribution in [1.82, 2.24) is 9.80 Å². The van der Waals surface area contributed by atoms with Gasteiger partial charge in [0.05, 0.1) is 6.04 Å². The van der Waals surface area contributed by atoms with Crippen LogP contribution in [0.1, 0.15) is 41.0 Å². The predicted octanol–water partition coefficient (Wildman–Crippen LogP) is 5.56. The summed E-state index contributed by atoms with van der Waals surface area (Å²) in [6.07, 6.45) is 1.11. The van der Waals surface area contributed by atoms with Gasteiger partial charge in [-0.1, -0.05) is 54.9 Å². The van der Waals surface area contributed by atoms with Gasteiger partial charge in [-0.2, -0.15) is 0 Å². The average Bonchev–Trinajstić information content (AvgIpc) is 3.38. The highest BCUT2D eigenvalue weighted by Gasteiger charge is 2.35. The van der Waals surface area contributed by atoms with Crippen LogP contribution in [0, 0.1) is 12.8 Å². The van der Waals surface area contributed by atoms with Gasteiger partial charge >= 0.3 is 0 Å². The fraction of sp³-hybridized carbons (Fsp3) is 0.379. The molecule has 2 atom stereocenters. The summed E-state index contributed by atoms with van der Waals surface area (Å²) in [6, 6.07) is 18.2. The first-order valence-electron chi connectivity index (χ1n) is 12.6. The van der Waals surface area contributed by atoms with Crippen LogP contribution in [0.15, 0.2) is 60.0 Å². The molecule has 2 aliphatic heterocycles. The summed E-state index contributed by atoms with van der Waals surface area (Å²) in [4.78, 5) is 34.4. The Hall–Kier alpha value is -2.83. The van der Waals surface area contributed by atoms with Crippen LogP contribution in [0.5, 0.6) is 0 Å². The topological polar surface area (TPSA) is 43.9 Å². The van der Waals surface area contributed by atoms with Gasteiger partial charge in [0.1, 0.15) is 0 Å². The van der Waals surface area contributed by atoms with E-state index in [1.165, 1.54) is 16.0 Å². The molecule has 5 nitrogen and oxygen atoms in total. The molecule has 1 aromatic heterocycles. The number of piperazine rings is 1. The number of fused-ring (bicyclic) bond motifs is 1. The number of rotatable bonds is 5. The van der Waals surface area contributed by atoms with Gasteiger partial charge in [0, 0.05) is 60.6 Å². The number of thiophene rings is 1. The Bertz CT molecular complexity index is 1240. The van der Waals surface area contributed by atoms with Crippen LogP contribution in [-0.2, 0) is 16.0 Å². The normalized spacial score (nSPS) is 18.6. The molecule has 1 saturated heterocycles. The fourth-order valence-corrected chi connectivity index (χ4v) is 6.50. The van der Waals surface area contributed by atoms with Gasteiger partial charge in [-0.15, -0.1) is 11.3 Å². The van der Waals surface area contributed by atoms with Crippen LogP contribution in [-0.4, -0.2) is 54.3 Å². The van der Waals surface area contributed by atoms with Gasteiger partial charge in [-0.05, 0) is 53.6 Å².